The van der Waals surface area contributed by atoms with Gasteiger partial charge in [0.2, 0.25) is 10.0 Å². The van der Waals surface area contributed by atoms with Crippen LogP contribution in [-0.2, 0) is 26.0 Å². The van der Waals surface area contributed by atoms with Crippen molar-refractivity contribution >= 4 is 22.4 Å². The van der Waals surface area contributed by atoms with Gasteiger partial charge in [-0.15, -0.1) is 0 Å². The molecule has 9 heteroatoms. The Kier molecular flexibility index (Phi) is 9.64. The minimum Gasteiger partial charge on any atom is -0.495 e. The van der Waals surface area contributed by atoms with Gasteiger partial charge in [0.15, 0.2) is 0 Å². The fraction of sp³-hybridized carbons (Fsp3) is 0.440. The second-order valence-corrected chi connectivity index (χ2v) is 10.5. The molecule has 0 saturated carbocycles. The van der Waals surface area contributed by atoms with Gasteiger partial charge in [-0.3, -0.25) is 0 Å². The van der Waals surface area contributed by atoms with E-state index in [0.29, 0.717) is 44.3 Å². The number of carbonyl (C=O) groups is 2. The Labute approximate surface area is 202 Å². The number of sulfonamides is 1. The van der Waals surface area contributed by atoms with Crippen molar-refractivity contribution in [3.05, 3.63) is 48.0 Å². The highest BCUT2D eigenvalue weighted by Crippen LogP contribution is 2.29. The molecule has 34 heavy (non-hydrogen) atoms. The maximum Gasteiger partial charge on any atom is 0.410 e. The lowest BCUT2D eigenvalue weighted by molar-refractivity contribution is -0.107. The van der Waals surface area contributed by atoms with Crippen molar-refractivity contribution in [2.24, 2.45) is 5.14 Å². The molecule has 2 rings (SSSR count). The van der Waals surface area contributed by atoms with Crippen LogP contribution in [0.15, 0.2) is 47.4 Å². The number of methoxy groups -OCH3 is 1. The van der Waals surface area contributed by atoms with E-state index in [1.165, 1.54) is 13.2 Å². The number of aldehydes is 1. The van der Waals surface area contributed by atoms with Gasteiger partial charge < -0.3 is 19.2 Å². The standard InChI is InChI=1S/C25H34N2O6S/c1-25(2,3)33-24(29)27(14-6-5-7-16-28)15-13-19-9-8-10-20(17-19)21-11-12-22(32-4)23(18-21)34(26,30)31/h8-12,16-18H,5-7,13-15H2,1-4H3,(H2,26,30,31). The number of hydrogen-bond acceptors (Lipinski definition) is 6. The van der Waals surface area contributed by atoms with Crippen LogP contribution in [0.3, 0.4) is 0 Å². The zero-order chi connectivity index (χ0) is 25.4. The Morgan fingerprint density at radius 2 is 1.76 bits per heavy atom. The first-order valence-electron chi connectivity index (χ1n) is 11.2. The number of nitrogens with zero attached hydrogens (tertiary/aromatic N) is 1. The molecule has 0 spiro atoms. The lowest BCUT2D eigenvalue weighted by atomic mass is 10.0. The fourth-order valence-electron chi connectivity index (χ4n) is 3.40. The highest BCUT2D eigenvalue weighted by atomic mass is 32.2. The third kappa shape index (κ3) is 8.46. The molecule has 2 N–H and O–H groups in total. The largest absolute Gasteiger partial charge is 0.495 e. The van der Waals surface area contributed by atoms with Crippen molar-refractivity contribution in [2.45, 2.75) is 57.0 Å². The van der Waals surface area contributed by atoms with Crippen molar-refractivity contribution in [1.82, 2.24) is 4.90 Å². The number of amides is 1. The number of carbonyl (C=O) groups excluding carboxylic acids is 2. The summed E-state index contributed by atoms with van der Waals surface area (Å²) in [5.74, 6) is 0.185. The minimum atomic E-state index is -3.95. The molecule has 8 nitrogen and oxygen atoms in total. The van der Waals surface area contributed by atoms with Crippen molar-refractivity contribution in [3.63, 3.8) is 0 Å². The predicted octanol–water partition coefficient (Wildman–Crippen LogP) is 4.16. The molecule has 2 aromatic rings. The van der Waals surface area contributed by atoms with E-state index in [0.717, 1.165) is 17.4 Å². The Bertz CT molecular complexity index is 1090. The van der Waals surface area contributed by atoms with E-state index in [9.17, 15) is 18.0 Å². The van der Waals surface area contributed by atoms with Crippen LogP contribution < -0.4 is 9.88 Å². The molecular formula is C25H34N2O6S. The van der Waals surface area contributed by atoms with Gasteiger partial charge in [0.1, 0.15) is 22.5 Å². The Morgan fingerprint density at radius 1 is 1.06 bits per heavy atom. The third-order valence-corrected chi connectivity index (χ3v) is 5.98. The Balaban J connectivity index is 2.20. The predicted molar refractivity (Wildman–Crippen MR) is 131 cm³/mol. The van der Waals surface area contributed by atoms with E-state index in [1.54, 1.807) is 17.0 Å². The molecule has 0 unspecified atom stereocenters. The zero-order valence-electron chi connectivity index (χ0n) is 20.2. The van der Waals surface area contributed by atoms with Gasteiger partial charge in [0.05, 0.1) is 7.11 Å². The first-order chi connectivity index (χ1) is 15.9. The molecule has 0 fully saturated rings. The number of nitrogens with two attached hydrogens (primary N) is 1. The van der Waals surface area contributed by atoms with Crippen LogP contribution in [0, 0.1) is 0 Å². The molecule has 0 saturated heterocycles. The zero-order valence-corrected chi connectivity index (χ0v) is 21.1. The van der Waals surface area contributed by atoms with E-state index in [2.05, 4.69) is 0 Å². The van der Waals surface area contributed by atoms with Gasteiger partial charge in [-0.25, -0.2) is 18.4 Å². The first-order valence-corrected chi connectivity index (χ1v) is 12.7. The van der Waals surface area contributed by atoms with E-state index < -0.39 is 15.6 Å². The lowest BCUT2D eigenvalue weighted by Gasteiger charge is -2.27. The highest BCUT2D eigenvalue weighted by molar-refractivity contribution is 7.89. The molecule has 186 valence electrons. The SMILES string of the molecule is COc1ccc(-c2cccc(CCN(CCCCC=O)C(=O)OC(C)(C)C)c2)cc1S(N)(=O)=O. The topological polar surface area (TPSA) is 116 Å². The molecule has 0 radical (unpaired) electrons. The maximum atomic E-state index is 12.7. The molecule has 2 aromatic carbocycles. The van der Waals surface area contributed by atoms with Gasteiger partial charge in [-0.2, -0.15) is 0 Å². The molecule has 0 aliphatic heterocycles. The van der Waals surface area contributed by atoms with Gasteiger partial charge in [0, 0.05) is 19.5 Å². The number of benzene rings is 2. The second-order valence-electron chi connectivity index (χ2n) is 8.99. The minimum absolute atomic E-state index is 0.0793. The van der Waals surface area contributed by atoms with Crippen LogP contribution in [0.2, 0.25) is 0 Å². The summed E-state index contributed by atoms with van der Waals surface area (Å²) in [4.78, 5) is 24.9. The number of unbranched alkanes of at least 4 members (excludes halogenated alkanes) is 2. The smallest absolute Gasteiger partial charge is 0.410 e. The highest BCUT2D eigenvalue weighted by Gasteiger charge is 2.22. The van der Waals surface area contributed by atoms with Crippen LogP contribution in [0.5, 0.6) is 5.75 Å². The van der Waals surface area contributed by atoms with E-state index in [4.69, 9.17) is 14.6 Å². The Morgan fingerprint density at radius 3 is 2.38 bits per heavy atom. The second kappa shape index (κ2) is 12.0. The van der Waals surface area contributed by atoms with Gasteiger partial charge in [-0.05, 0) is 68.9 Å². The van der Waals surface area contributed by atoms with Crippen LogP contribution in [0.4, 0.5) is 4.79 Å². The summed E-state index contributed by atoms with van der Waals surface area (Å²) in [6.07, 6.45) is 2.96. The summed E-state index contributed by atoms with van der Waals surface area (Å²) in [6, 6.07) is 12.5. The van der Waals surface area contributed by atoms with Crippen LogP contribution in [0.25, 0.3) is 11.1 Å². The summed E-state index contributed by atoms with van der Waals surface area (Å²) in [5, 5.41) is 5.35. The van der Waals surface area contributed by atoms with Crippen LogP contribution >= 0.6 is 0 Å². The van der Waals surface area contributed by atoms with E-state index >= 15 is 0 Å². The molecule has 0 aliphatic rings. The number of hydrogen-bond donors (Lipinski definition) is 1. The quantitative estimate of drug-likeness (QED) is 0.373. The van der Waals surface area contributed by atoms with Gasteiger partial charge in [0.25, 0.3) is 0 Å². The van der Waals surface area contributed by atoms with Gasteiger partial charge in [-0.1, -0.05) is 30.3 Å². The summed E-state index contributed by atoms with van der Waals surface area (Å²) in [5.41, 5.74) is 1.88. The van der Waals surface area contributed by atoms with Crippen molar-refractivity contribution in [2.75, 3.05) is 20.2 Å². The molecule has 0 bridgehead atoms. The van der Waals surface area contributed by atoms with Crippen molar-refractivity contribution in [1.29, 1.82) is 0 Å². The lowest BCUT2D eigenvalue weighted by Crippen LogP contribution is -2.38. The van der Waals surface area contributed by atoms with Gasteiger partial charge >= 0.3 is 6.09 Å². The van der Waals surface area contributed by atoms with Crippen molar-refractivity contribution < 1.29 is 27.5 Å². The average molecular weight is 491 g/mol. The van der Waals surface area contributed by atoms with Crippen LogP contribution in [-0.4, -0.2) is 51.5 Å². The first kappa shape index (κ1) is 27.3. The monoisotopic (exact) mass is 490 g/mol. The maximum absolute atomic E-state index is 12.7. The van der Waals surface area contributed by atoms with E-state index in [-0.39, 0.29) is 16.7 Å². The summed E-state index contributed by atoms with van der Waals surface area (Å²) >= 11 is 0. The number of primary sulfonamides is 1. The Hall–Kier alpha value is -2.91. The molecular weight excluding hydrogens is 456 g/mol. The third-order valence-electron chi connectivity index (χ3n) is 5.05. The average Bonchev–Trinajstić information content (AvgIpc) is 2.76. The van der Waals surface area contributed by atoms with Crippen molar-refractivity contribution in [3.8, 4) is 16.9 Å². The normalized spacial score (nSPS) is 11.7. The molecule has 1 amide bonds. The molecule has 0 aliphatic carbocycles. The van der Waals surface area contributed by atoms with Crippen LogP contribution in [0.1, 0.15) is 45.6 Å². The number of ether oxygens (including phenoxy) is 2. The molecule has 0 atom stereocenters. The fourth-order valence-corrected chi connectivity index (χ4v) is 4.12. The van der Waals surface area contributed by atoms with E-state index in [1.807, 2.05) is 45.0 Å². The molecule has 0 heterocycles. The summed E-state index contributed by atoms with van der Waals surface area (Å²) < 4.78 is 34.6. The molecule has 0 aromatic heterocycles. The number of rotatable bonds is 11. The summed E-state index contributed by atoms with van der Waals surface area (Å²) in [6.45, 7) is 6.42. The summed E-state index contributed by atoms with van der Waals surface area (Å²) in [7, 11) is -2.56.